The zero-order valence-electron chi connectivity index (χ0n) is 12.9. The van der Waals surface area contributed by atoms with Crippen molar-refractivity contribution >= 4 is 29.0 Å². The summed E-state index contributed by atoms with van der Waals surface area (Å²) in [5, 5.41) is 21.2. The molecule has 0 radical (unpaired) electrons. The summed E-state index contributed by atoms with van der Waals surface area (Å²) >= 11 is 1.58. The molecule has 0 unspecified atom stereocenters. The first-order chi connectivity index (χ1) is 12.0. The molecule has 1 atom stereocenters. The Morgan fingerprint density at radius 2 is 1.48 bits per heavy atom. The molecule has 0 aromatic heterocycles. The maximum absolute atomic E-state index is 12.7. The van der Waals surface area contributed by atoms with E-state index in [4.69, 9.17) is 0 Å². The number of carbonyl (C=O) groups excluding carboxylic acids is 1. The summed E-state index contributed by atoms with van der Waals surface area (Å²) in [6.07, 6.45) is 0. The Bertz CT molecular complexity index is 823. The van der Waals surface area contributed by atoms with Gasteiger partial charge in [-0.15, -0.1) is 11.8 Å². The molecule has 0 aliphatic carbocycles. The Balaban J connectivity index is 1.81. The third kappa shape index (κ3) is 3.45. The highest BCUT2D eigenvalue weighted by Crippen LogP contribution is 2.39. The number of non-ortho nitro benzene ring substituents is 2. The highest BCUT2D eigenvalue weighted by molar-refractivity contribution is 7.99. The molecule has 9 heteroatoms. The standard InChI is InChI=1S/C16H13N3O5S/c20-15(11-1-5-13(6-2-11)18(21)22)17-9-10-25-16(17)12-3-7-14(8-4-12)19(23)24/h1-8,16H,9-10H2/t16-/m0/s1. The van der Waals surface area contributed by atoms with E-state index >= 15 is 0 Å². The summed E-state index contributed by atoms with van der Waals surface area (Å²) in [5.74, 6) is 0.531. The van der Waals surface area contributed by atoms with E-state index in [1.165, 1.54) is 36.4 Å². The lowest BCUT2D eigenvalue weighted by Gasteiger charge is -2.24. The van der Waals surface area contributed by atoms with Gasteiger partial charge in [0.05, 0.1) is 9.85 Å². The fourth-order valence-corrected chi connectivity index (χ4v) is 3.86. The fourth-order valence-electron chi connectivity index (χ4n) is 2.61. The monoisotopic (exact) mass is 359 g/mol. The summed E-state index contributed by atoms with van der Waals surface area (Å²) in [6, 6.07) is 11.6. The van der Waals surface area contributed by atoms with Crippen molar-refractivity contribution in [3.8, 4) is 0 Å². The smallest absolute Gasteiger partial charge is 0.269 e. The fraction of sp³-hybridized carbons (Fsp3) is 0.188. The van der Waals surface area contributed by atoms with Gasteiger partial charge < -0.3 is 4.90 Å². The maximum atomic E-state index is 12.7. The lowest BCUT2D eigenvalue weighted by molar-refractivity contribution is -0.385. The van der Waals surface area contributed by atoms with Crippen LogP contribution >= 0.6 is 11.8 Å². The Morgan fingerprint density at radius 1 is 0.960 bits per heavy atom. The van der Waals surface area contributed by atoms with Gasteiger partial charge in [0.25, 0.3) is 17.3 Å². The number of nitro groups is 2. The van der Waals surface area contributed by atoms with E-state index in [0.29, 0.717) is 12.1 Å². The van der Waals surface area contributed by atoms with Gasteiger partial charge in [0, 0.05) is 42.1 Å². The van der Waals surface area contributed by atoms with Crippen LogP contribution in [0.1, 0.15) is 21.3 Å². The van der Waals surface area contributed by atoms with Gasteiger partial charge in [-0.25, -0.2) is 0 Å². The van der Waals surface area contributed by atoms with Crippen molar-refractivity contribution in [1.29, 1.82) is 0 Å². The summed E-state index contributed by atoms with van der Waals surface area (Å²) < 4.78 is 0. The van der Waals surface area contributed by atoms with Gasteiger partial charge in [0.15, 0.2) is 0 Å². The van der Waals surface area contributed by atoms with Crippen molar-refractivity contribution < 1.29 is 14.6 Å². The third-order valence-corrected chi connectivity index (χ3v) is 5.13. The quantitative estimate of drug-likeness (QED) is 0.612. The van der Waals surface area contributed by atoms with Crippen molar-refractivity contribution in [2.75, 3.05) is 12.3 Å². The first-order valence-corrected chi connectivity index (χ1v) is 8.43. The Labute approximate surface area is 146 Å². The zero-order valence-corrected chi connectivity index (χ0v) is 13.7. The molecule has 0 spiro atoms. The number of nitrogens with zero attached hydrogens (tertiary/aromatic N) is 3. The van der Waals surface area contributed by atoms with Gasteiger partial charge >= 0.3 is 0 Å². The van der Waals surface area contributed by atoms with Crippen molar-refractivity contribution in [1.82, 2.24) is 4.90 Å². The zero-order chi connectivity index (χ0) is 18.0. The molecule has 1 aliphatic rings. The molecule has 1 aliphatic heterocycles. The molecule has 0 bridgehead atoms. The van der Waals surface area contributed by atoms with Crippen molar-refractivity contribution in [3.63, 3.8) is 0 Å². The van der Waals surface area contributed by atoms with E-state index in [1.807, 2.05) is 0 Å². The predicted molar refractivity (Wildman–Crippen MR) is 92.4 cm³/mol. The number of carbonyl (C=O) groups is 1. The Morgan fingerprint density at radius 3 is 2.00 bits per heavy atom. The Hall–Kier alpha value is -2.94. The number of benzene rings is 2. The second kappa shape index (κ2) is 6.89. The summed E-state index contributed by atoms with van der Waals surface area (Å²) in [6.45, 7) is 0.544. The topological polar surface area (TPSA) is 107 Å². The van der Waals surface area contributed by atoms with Gasteiger partial charge in [-0.2, -0.15) is 0 Å². The van der Waals surface area contributed by atoms with Gasteiger partial charge in [-0.1, -0.05) is 0 Å². The summed E-state index contributed by atoms with van der Waals surface area (Å²) in [5.41, 5.74) is 1.11. The maximum Gasteiger partial charge on any atom is 0.269 e. The highest BCUT2D eigenvalue weighted by Gasteiger charge is 2.31. The van der Waals surface area contributed by atoms with Crippen LogP contribution in [0.5, 0.6) is 0 Å². The van der Waals surface area contributed by atoms with Gasteiger partial charge in [0.1, 0.15) is 5.37 Å². The lowest BCUT2D eigenvalue weighted by atomic mass is 10.1. The number of thioether (sulfide) groups is 1. The molecule has 0 saturated carbocycles. The molecule has 1 fully saturated rings. The van der Waals surface area contributed by atoms with E-state index in [0.717, 1.165) is 11.3 Å². The van der Waals surface area contributed by atoms with Crippen molar-refractivity contribution in [2.24, 2.45) is 0 Å². The van der Waals surface area contributed by atoms with Crippen LogP contribution in [-0.4, -0.2) is 33.0 Å². The minimum absolute atomic E-state index is 0.00000707. The van der Waals surface area contributed by atoms with Crippen LogP contribution in [0.25, 0.3) is 0 Å². The van der Waals surface area contributed by atoms with Crippen LogP contribution in [0.15, 0.2) is 48.5 Å². The second-order valence-electron chi connectivity index (χ2n) is 5.37. The molecule has 0 N–H and O–H groups in total. The first kappa shape index (κ1) is 16.9. The SMILES string of the molecule is O=C(c1ccc([N+](=O)[O-])cc1)N1CCS[C@H]1c1ccc([N+](=O)[O-])cc1. The van der Waals surface area contributed by atoms with E-state index in [9.17, 15) is 25.0 Å². The van der Waals surface area contributed by atoms with Crippen LogP contribution in [0.2, 0.25) is 0 Å². The van der Waals surface area contributed by atoms with Gasteiger partial charge in [0.2, 0.25) is 0 Å². The van der Waals surface area contributed by atoms with E-state index in [2.05, 4.69) is 0 Å². The molecule has 8 nitrogen and oxygen atoms in total. The van der Waals surface area contributed by atoms with Crippen LogP contribution < -0.4 is 0 Å². The molecule has 128 valence electrons. The van der Waals surface area contributed by atoms with E-state index in [-0.39, 0.29) is 22.7 Å². The molecule has 1 heterocycles. The van der Waals surface area contributed by atoms with Crippen LogP contribution in [-0.2, 0) is 0 Å². The largest absolute Gasteiger partial charge is 0.322 e. The van der Waals surface area contributed by atoms with E-state index in [1.54, 1.807) is 28.8 Å². The molecule has 1 saturated heterocycles. The second-order valence-corrected chi connectivity index (χ2v) is 6.56. The average molecular weight is 359 g/mol. The minimum atomic E-state index is -0.514. The predicted octanol–water partition coefficient (Wildman–Crippen LogP) is 3.39. The molecular formula is C16H13N3O5S. The lowest BCUT2D eigenvalue weighted by Crippen LogP contribution is -2.30. The number of rotatable bonds is 4. The highest BCUT2D eigenvalue weighted by atomic mass is 32.2. The van der Waals surface area contributed by atoms with Crippen molar-refractivity contribution in [2.45, 2.75) is 5.37 Å². The third-order valence-electron chi connectivity index (χ3n) is 3.87. The van der Waals surface area contributed by atoms with Crippen molar-refractivity contribution in [3.05, 3.63) is 79.9 Å². The molecule has 3 rings (SSSR count). The summed E-state index contributed by atoms with van der Waals surface area (Å²) in [7, 11) is 0. The first-order valence-electron chi connectivity index (χ1n) is 7.39. The molecule has 2 aromatic carbocycles. The van der Waals surface area contributed by atoms with Crippen LogP contribution in [0, 0.1) is 20.2 Å². The van der Waals surface area contributed by atoms with Crippen LogP contribution in [0.4, 0.5) is 11.4 Å². The number of hydrogen-bond donors (Lipinski definition) is 0. The van der Waals surface area contributed by atoms with Gasteiger partial charge in [-0.3, -0.25) is 25.0 Å². The number of hydrogen-bond acceptors (Lipinski definition) is 6. The van der Waals surface area contributed by atoms with Crippen LogP contribution in [0.3, 0.4) is 0 Å². The Kier molecular flexibility index (Phi) is 4.66. The van der Waals surface area contributed by atoms with E-state index < -0.39 is 9.85 Å². The summed E-state index contributed by atoms with van der Waals surface area (Å²) in [4.78, 5) is 34.9. The molecular weight excluding hydrogens is 346 g/mol. The molecule has 2 aromatic rings. The molecule has 1 amide bonds. The molecule has 25 heavy (non-hydrogen) atoms. The normalized spacial score (nSPS) is 16.6. The number of nitro benzene ring substituents is 2. The average Bonchev–Trinajstić information content (AvgIpc) is 3.11. The minimum Gasteiger partial charge on any atom is -0.322 e. The number of amides is 1. The van der Waals surface area contributed by atoms with Gasteiger partial charge in [-0.05, 0) is 29.8 Å².